The maximum Gasteiger partial charge on any atom is 0.312 e. The normalized spacial score (nSPS) is 45.8. The minimum atomic E-state index is -0.206. The minimum Gasteiger partial charge on any atom is -0.469 e. The molecular weight excluding hydrogens is 482 g/mol. The number of hydrogen-bond acceptors (Lipinski definition) is 3. The van der Waals surface area contributed by atoms with Crippen LogP contribution in [0.2, 0.25) is 0 Å². The van der Waals surface area contributed by atoms with Gasteiger partial charge in [-0.05, 0) is 135 Å². The van der Waals surface area contributed by atoms with E-state index in [0.29, 0.717) is 34.5 Å². The Labute approximate surface area is 234 Å². The van der Waals surface area contributed by atoms with Crippen molar-refractivity contribution in [2.45, 2.75) is 96.3 Å². The molecule has 39 heavy (non-hydrogen) atoms. The van der Waals surface area contributed by atoms with Gasteiger partial charge in [-0.3, -0.25) is 9.59 Å². The Bertz CT molecular complexity index is 1150. The number of rotatable bonds is 3. The van der Waals surface area contributed by atoms with Gasteiger partial charge in [0.25, 0.3) is 0 Å². The van der Waals surface area contributed by atoms with Crippen LogP contribution in [-0.4, -0.2) is 37.0 Å². The molecule has 1 aliphatic heterocycles. The van der Waals surface area contributed by atoms with Gasteiger partial charge >= 0.3 is 5.97 Å². The number of carbonyl (C=O) groups excluding carboxylic acids is 2. The van der Waals surface area contributed by atoms with Crippen molar-refractivity contribution in [3.8, 4) is 0 Å². The third-order valence-corrected chi connectivity index (χ3v) is 13.9. The van der Waals surface area contributed by atoms with Gasteiger partial charge in [0, 0.05) is 19.0 Å². The van der Waals surface area contributed by atoms with E-state index >= 15 is 0 Å². The maximum absolute atomic E-state index is 14.0. The first-order valence-electron chi connectivity index (χ1n) is 16.4. The highest BCUT2D eigenvalue weighted by Crippen LogP contribution is 2.78. The molecule has 8 rings (SSSR count). The lowest BCUT2D eigenvalue weighted by Crippen LogP contribution is -2.46. The number of methoxy groups -OCH3 is 1. The second-order valence-electron chi connectivity index (χ2n) is 15.5. The van der Waals surface area contributed by atoms with E-state index in [1.807, 2.05) is 0 Å². The largest absolute Gasteiger partial charge is 0.469 e. The molecule has 210 valence electrons. The molecule has 7 aliphatic rings. The first kappa shape index (κ1) is 24.9. The Morgan fingerprint density at radius 2 is 1.56 bits per heavy atom. The van der Waals surface area contributed by atoms with Crippen molar-refractivity contribution >= 4 is 11.9 Å². The first-order valence-corrected chi connectivity index (χ1v) is 16.4. The highest BCUT2D eigenvalue weighted by Gasteiger charge is 2.71. The molecule has 4 nitrogen and oxygen atoms in total. The van der Waals surface area contributed by atoms with Gasteiger partial charge in [0.05, 0.1) is 12.5 Å². The lowest BCUT2D eigenvalue weighted by atomic mass is 9.50. The summed E-state index contributed by atoms with van der Waals surface area (Å²) in [6.07, 6.45) is 18.2. The number of carbonyl (C=O) groups is 2. The van der Waals surface area contributed by atoms with Gasteiger partial charge in [-0.25, -0.2) is 0 Å². The number of ether oxygens (including phenoxy) is 1. The van der Waals surface area contributed by atoms with Gasteiger partial charge in [0.1, 0.15) is 0 Å². The molecular formula is C35H47NO3. The van der Waals surface area contributed by atoms with Crippen LogP contribution in [0, 0.1) is 51.8 Å². The zero-order chi connectivity index (χ0) is 26.4. The van der Waals surface area contributed by atoms with E-state index < -0.39 is 0 Å². The van der Waals surface area contributed by atoms with Crippen molar-refractivity contribution in [3.05, 3.63) is 35.4 Å². The number of amides is 1. The monoisotopic (exact) mass is 529 g/mol. The van der Waals surface area contributed by atoms with Gasteiger partial charge in [-0.15, -0.1) is 0 Å². The Morgan fingerprint density at radius 3 is 2.31 bits per heavy atom. The second kappa shape index (κ2) is 8.83. The molecule has 1 aromatic rings. The zero-order valence-electron chi connectivity index (χ0n) is 24.0. The van der Waals surface area contributed by atoms with Crippen LogP contribution in [0.5, 0.6) is 0 Å². The van der Waals surface area contributed by atoms with Crippen LogP contribution < -0.4 is 0 Å². The van der Waals surface area contributed by atoms with Gasteiger partial charge in [-0.2, -0.15) is 0 Å². The molecule has 6 aliphatic carbocycles. The molecule has 9 atom stereocenters. The van der Waals surface area contributed by atoms with Crippen LogP contribution in [-0.2, 0) is 27.2 Å². The third-order valence-electron chi connectivity index (χ3n) is 13.9. The van der Waals surface area contributed by atoms with E-state index in [4.69, 9.17) is 4.74 Å². The van der Waals surface area contributed by atoms with Crippen molar-refractivity contribution in [1.82, 2.24) is 4.90 Å². The smallest absolute Gasteiger partial charge is 0.312 e. The number of nitrogens with zero attached hydrogens (tertiary/aromatic N) is 1. The van der Waals surface area contributed by atoms with Crippen LogP contribution in [0.25, 0.3) is 0 Å². The highest BCUT2D eigenvalue weighted by atomic mass is 16.5. The molecule has 1 heterocycles. The van der Waals surface area contributed by atoms with Crippen LogP contribution in [0.15, 0.2) is 24.3 Å². The van der Waals surface area contributed by atoms with Crippen LogP contribution in [0.3, 0.4) is 0 Å². The summed E-state index contributed by atoms with van der Waals surface area (Å²) in [4.78, 5) is 29.7. The summed E-state index contributed by atoms with van der Waals surface area (Å²) in [6.45, 7) is 1.77. The summed E-state index contributed by atoms with van der Waals surface area (Å²) in [5, 5.41) is 0. The van der Waals surface area contributed by atoms with Crippen LogP contribution in [0.4, 0.5) is 0 Å². The van der Waals surface area contributed by atoms with Gasteiger partial charge in [0.15, 0.2) is 0 Å². The SMILES string of the molecule is COC(=O)C12CCCC3CC1CC(C14CC5CC(C(=O)N6CCc7ccccc7CC6)CC(C1)C(C5)C4)(C3)C2. The molecule has 1 amide bonds. The quantitative estimate of drug-likeness (QED) is 0.415. The van der Waals surface area contributed by atoms with Crippen LogP contribution in [0.1, 0.15) is 94.6 Å². The average molecular weight is 530 g/mol. The fourth-order valence-electron chi connectivity index (χ4n) is 12.6. The Balaban J connectivity index is 1.04. The lowest BCUT2D eigenvalue weighted by molar-refractivity contribution is -0.156. The molecule has 1 aromatic carbocycles. The molecule has 9 unspecified atom stereocenters. The summed E-state index contributed by atoms with van der Waals surface area (Å²) in [5.41, 5.74) is 3.41. The number of esters is 1. The lowest BCUT2D eigenvalue weighted by Gasteiger charge is -2.55. The van der Waals surface area contributed by atoms with Crippen molar-refractivity contribution in [2.75, 3.05) is 20.2 Å². The van der Waals surface area contributed by atoms with Gasteiger partial charge in [-0.1, -0.05) is 37.1 Å². The Hall–Kier alpha value is -1.84. The molecule has 0 radical (unpaired) electrons. The topological polar surface area (TPSA) is 46.6 Å². The zero-order valence-corrected chi connectivity index (χ0v) is 24.0. The Morgan fingerprint density at radius 1 is 0.846 bits per heavy atom. The molecule has 6 bridgehead atoms. The highest BCUT2D eigenvalue weighted by molar-refractivity contribution is 5.79. The Kier molecular flexibility index (Phi) is 5.64. The molecule has 0 spiro atoms. The van der Waals surface area contributed by atoms with E-state index in [9.17, 15) is 9.59 Å². The standard InChI is InChI=1S/C35H47NO3/c1-39-32(38)35-10-4-5-23-15-30(35)21-34(17-23,22-35)33-18-24-13-27(16-29(20-33)28(14-24)19-33)31(37)36-11-8-25-6-2-3-7-26(25)9-12-36/h2-3,6-7,23-24,27-30H,4-5,8-22H2,1H3. The molecule has 6 fully saturated rings. The summed E-state index contributed by atoms with van der Waals surface area (Å²) in [7, 11) is 1.63. The summed E-state index contributed by atoms with van der Waals surface area (Å²) < 4.78 is 5.55. The van der Waals surface area contributed by atoms with E-state index in [-0.39, 0.29) is 17.3 Å². The number of fused-ring (bicyclic) bond motifs is 6. The molecule has 6 saturated carbocycles. The van der Waals surface area contributed by atoms with E-state index in [0.717, 1.165) is 63.5 Å². The summed E-state index contributed by atoms with van der Waals surface area (Å²) in [6, 6.07) is 8.79. The van der Waals surface area contributed by atoms with E-state index in [1.54, 1.807) is 7.11 Å². The van der Waals surface area contributed by atoms with Crippen molar-refractivity contribution in [1.29, 1.82) is 0 Å². The first-order chi connectivity index (χ1) is 18.9. The summed E-state index contributed by atoms with van der Waals surface area (Å²) in [5.74, 6) is 4.37. The average Bonchev–Trinajstić information content (AvgIpc) is 3.11. The van der Waals surface area contributed by atoms with E-state index in [1.165, 1.54) is 68.9 Å². The van der Waals surface area contributed by atoms with Crippen molar-refractivity contribution in [2.24, 2.45) is 51.8 Å². The predicted molar refractivity (Wildman–Crippen MR) is 151 cm³/mol. The van der Waals surface area contributed by atoms with Crippen molar-refractivity contribution in [3.63, 3.8) is 0 Å². The number of hydrogen-bond donors (Lipinski definition) is 0. The third kappa shape index (κ3) is 3.61. The second-order valence-corrected chi connectivity index (χ2v) is 15.5. The van der Waals surface area contributed by atoms with Crippen LogP contribution >= 0.6 is 0 Å². The number of benzene rings is 1. The van der Waals surface area contributed by atoms with E-state index in [2.05, 4.69) is 29.2 Å². The summed E-state index contributed by atoms with van der Waals surface area (Å²) >= 11 is 0. The fourth-order valence-corrected chi connectivity index (χ4v) is 12.6. The predicted octanol–water partition coefficient (Wildman–Crippen LogP) is 6.60. The van der Waals surface area contributed by atoms with Gasteiger partial charge in [0.2, 0.25) is 5.91 Å². The molecule has 0 aromatic heterocycles. The van der Waals surface area contributed by atoms with Gasteiger partial charge < -0.3 is 9.64 Å². The molecule has 0 saturated heterocycles. The fraction of sp³-hybridized carbons (Fsp3) is 0.771. The molecule has 0 N–H and O–H groups in total. The minimum absolute atomic E-state index is 0.115. The molecule has 4 heteroatoms. The van der Waals surface area contributed by atoms with Crippen molar-refractivity contribution < 1.29 is 14.3 Å². The maximum atomic E-state index is 14.0.